The largest absolute Gasteiger partial charge is 0.478 e. The van der Waals surface area contributed by atoms with E-state index in [0.717, 1.165) is 18.4 Å². The van der Waals surface area contributed by atoms with Crippen LogP contribution in [-0.2, 0) is 11.3 Å². The van der Waals surface area contributed by atoms with Gasteiger partial charge in [-0.1, -0.05) is 29.8 Å². The molecular weight excluding hydrogens is 494 g/mol. The van der Waals surface area contributed by atoms with E-state index in [2.05, 4.69) is 30.9 Å². The molecule has 37 heavy (non-hydrogen) atoms. The van der Waals surface area contributed by atoms with Gasteiger partial charge in [0.15, 0.2) is 5.82 Å². The van der Waals surface area contributed by atoms with Crippen molar-refractivity contribution in [2.75, 3.05) is 17.7 Å². The van der Waals surface area contributed by atoms with E-state index >= 15 is 0 Å². The molecule has 1 fully saturated rings. The normalized spacial score (nSPS) is 16.9. The van der Waals surface area contributed by atoms with Crippen molar-refractivity contribution in [2.24, 2.45) is 5.92 Å². The molecule has 1 aromatic heterocycles. The van der Waals surface area contributed by atoms with E-state index in [1.54, 1.807) is 37.4 Å². The van der Waals surface area contributed by atoms with Crippen LogP contribution in [0.2, 0.25) is 5.02 Å². The summed E-state index contributed by atoms with van der Waals surface area (Å²) in [4.78, 5) is 37.3. The number of carboxylic acids is 1. The summed E-state index contributed by atoms with van der Waals surface area (Å²) in [6, 6.07) is 13.6. The van der Waals surface area contributed by atoms with Crippen molar-refractivity contribution in [3.05, 3.63) is 64.2 Å². The summed E-state index contributed by atoms with van der Waals surface area (Å²) < 4.78 is 0. The number of amides is 1. The van der Waals surface area contributed by atoms with Crippen LogP contribution in [0.1, 0.15) is 47.2 Å². The molecule has 1 amide bonds. The molecule has 0 radical (unpaired) electrons. The van der Waals surface area contributed by atoms with Crippen molar-refractivity contribution in [3.8, 4) is 17.5 Å². The second-order valence-electron chi connectivity index (χ2n) is 8.77. The van der Waals surface area contributed by atoms with E-state index < -0.39 is 5.97 Å². The first kappa shape index (κ1) is 25.9. The Balaban J connectivity index is 1.35. The first-order valence-electron chi connectivity index (χ1n) is 11.9. The molecule has 10 nitrogen and oxygen atoms in total. The van der Waals surface area contributed by atoms with Crippen LogP contribution in [0.15, 0.2) is 42.5 Å². The second kappa shape index (κ2) is 11.7. The molecule has 3 aromatic rings. The van der Waals surface area contributed by atoms with E-state index in [-0.39, 0.29) is 23.4 Å². The number of aromatic carboxylic acids is 1. The van der Waals surface area contributed by atoms with Gasteiger partial charge in [-0.05, 0) is 55.5 Å². The number of aromatic nitrogens is 3. The molecule has 0 atom stereocenters. The summed E-state index contributed by atoms with van der Waals surface area (Å²) in [6.45, 7) is 0.311. The zero-order valence-electron chi connectivity index (χ0n) is 20.2. The minimum atomic E-state index is -1.02. The SMILES string of the molecule is CNc1nc(NC2CCC(C(=O)NCc3ccc(C#N)cc3Cl)CC2)nc(-c2cccc(C(=O)O)c2)n1. The van der Waals surface area contributed by atoms with Gasteiger partial charge in [-0.15, -0.1) is 0 Å². The van der Waals surface area contributed by atoms with Gasteiger partial charge in [0.05, 0.1) is 17.2 Å². The molecule has 1 aliphatic rings. The maximum Gasteiger partial charge on any atom is 0.335 e. The van der Waals surface area contributed by atoms with E-state index in [4.69, 9.17) is 16.9 Å². The smallest absolute Gasteiger partial charge is 0.335 e. The van der Waals surface area contributed by atoms with Crippen molar-refractivity contribution < 1.29 is 14.7 Å². The Morgan fingerprint density at radius 3 is 2.51 bits per heavy atom. The summed E-state index contributed by atoms with van der Waals surface area (Å²) in [5.74, 6) is -0.0302. The van der Waals surface area contributed by atoms with Crippen molar-refractivity contribution in [1.29, 1.82) is 5.26 Å². The average Bonchev–Trinajstić information content (AvgIpc) is 2.92. The minimum Gasteiger partial charge on any atom is -0.478 e. The molecule has 4 rings (SSSR count). The molecule has 11 heteroatoms. The Hall–Kier alpha value is -4.23. The highest BCUT2D eigenvalue weighted by atomic mass is 35.5. The topological polar surface area (TPSA) is 153 Å². The number of rotatable bonds is 8. The maximum atomic E-state index is 12.7. The number of carbonyl (C=O) groups is 2. The Morgan fingerprint density at radius 1 is 1.08 bits per heavy atom. The number of hydrogen-bond acceptors (Lipinski definition) is 8. The van der Waals surface area contributed by atoms with Crippen LogP contribution in [-0.4, -0.2) is 45.0 Å². The first-order valence-corrected chi connectivity index (χ1v) is 12.2. The summed E-state index contributed by atoms with van der Waals surface area (Å²) >= 11 is 6.21. The Morgan fingerprint density at radius 2 is 1.84 bits per heavy atom. The molecule has 1 saturated carbocycles. The molecule has 0 saturated heterocycles. The van der Waals surface area contributed by atoms with Gasteiger partial charge in [0.25, 0.3) is 0 Å². The van der Waals surface area contributed by atoms with Crippen LogP contribution in [0.25, 0.3) is 11.4 Å². The third kappa shape index (κ3) is 6.51. The summed E-state index contributed by atoms with van der Waals surface area (Å²) in [5, 5.41) is 27.9. The van der Waals surface area contributed by atoms with Gasteiger partial charge in [-0.3, -0.25) is 4.79 Å². The van der Waals surface area contributed by atoms with Crippen LogP contribution >= 0.6 is 11.6 Å². The zero-order valence-corrected chi connectivity index (χ0v) is 20.9. The minimum absolute atomic E-state index is 0.0166. The van der Waals surface area contributed by atoms with Crippen LogP contribution in [0.3, 0.4) is 0 Å². The number of anilines is 2. The van der Waals surface area contributed by atoms with Crippen LogP contribution in [0.4, 0.5) is 11.9 Å². The van der Waals surface area contributed by atoms with Gasteiger partial charge >= 0.3 is 5.97 Å². The number of nitrogens with zero attached hydrogens (tertiary/aromatic N) is 4. The van der Waals surface area contributed by atoms with Crippen molar-refractivity contribution in [3.63, 3.8) is 0 Å². The lowest BCUT2D eigenvalue weighted by molar-refractivity contribution is -0.126. The molecule has 0 unspecified atom stereocenters. The maximum absolute atomic E-state index is 12.7. The van der Waals surface area contributed by atoms with Crippen LogP contribution in [0, 0.1) is 17.2 Å². The lowest BCUT2D eigenvalue weighted by atomic mass is 9.85. The number of carbonyl (C=O) groups excluding carboxylic acids is 1. The number of nitrogens with one attached hydrogen (secondary N) is 3. The predicted octanol–water partition coefficient (Wildman–Crippen LogP) is 4.09. The van der Waals surface area contributed by atoms with Gasteiger partial charge < -0.3 is 21.1 Å². The lowest BCUT2D eigenvalue weighted by Gasteiger charge is -2.28. The van der Waals surface area contributed by atoms with Gasteiger partial charge in [-0.2, -0.15) is 20.2 Å². The number of benzene rings is 2. The highest BCUT2D eigenvalue weighted by Gasteiger charge is 2.27. The number of halogens is 1. The van der Waals surface area contributed by atoms with Gasteiger partial charge in [0.1, 0.15) is 0 Å². The predicted molar refractivity (Wildman–Crippen MR) is 139 cm³/mol. The number of hydrogen-bond donors (Lipinski definition) is 4. The molecule has 190 valence electrons. The number of nitriles is 1. The zero-order chi connectivity index (χ0) is 26.4. The Labute approximate surface area is 219 Å². The van der Waals surface area contributed by atoms with Gasteiger partial charge in [0.2, 0.25) is 17.8 Å². The van der Waals surface area contributed by atoms with Crippen molar-refractivity contribution >= 4 is 35.4 Å². The number of carboxylic acid groups (broad SMARTS) is 1. The van der Waals surface area contributed by atoms with E-state index in [1.807, 2.05) is 6.07 Å². The fourth-order valence-corrected chi connectivity index (χ4v) is 4.49. The molecular formula is C26H26ClN7O3. The average molecular weight is 520 g/mol. The molecule has 2 aromatic carbocycles. The molecule has 1 aliphatic carbocycles. The van der Waals surface area contributed by atoms with Crippen molar-refractivity contribution in [1.82, 2.24) is 20.3 Å². The second-order valence-corrected chi connectivity index (χ2v) is 9.18. The van der Waals surface area contributed by atoms with Gasteiger partial charge in [0, 0.05) is 36.1 Å². The van der Waals surface area contributed by atoms with E-state index in [1.165, 1.54) is 12.1 Å². The standard InChI is InChI=1S/C26H26ClN7O3/c1-29-25-32-22(17-3-2-4-18(12-17)24(36)37)33-26(34-25)31-20-9-7-16(8-10-20)23(35)30-14-19-6-5-15(13-28)11-21(19)27/h2-6,11-12,16,20H,7-10,14H2,1H3,(H,30,35)(H,36,37)(H2,29,31,32,33,34). The third-order valence-electron chi connectivity index (χ3n) is 6.29. The molecule has 4 N–H and O–H groups in total. The van der Waals surface area contributed by atoms with E-state index in [0.29, 0.717) is 53.3 Å². The van der Waals surface area contributed by atoms with Crippen LogP contribution in [0.5, 0.6) is 0 Å². The molecule has 0 bridgehead atoms. The first-order chi connectivity index (χ1) is 17.9. The quantitative estimate of drug-likeness (QED) is 0.344. The Bertz CT molecular complexity index is 1350. The highest BCUT2D eigenvalue weighted by molar-refractivity contribution is 6.31. The monoisotopic (exact) mass is 519 g/mol. The van der Waals surface area contributed by atoms with Crippen LogP contribution < -0.4 is 16.0 Å². The highest BCUT2D eigenvalue weighted by Crippen LogP contribution is 2.27. The lowest BCUT2D eigenvalue weighted by Crippen LogP contribution is -2.36. The Kier molecular flexibility index (Phi) is 8.15. The van der Waals surface area contributed by atoms with Gasteiger partial charge in [-0.25, -0.2) is 4.79 Å². The van der Waals surface area contributed by atoms with E-state index in [9.17, 15) is 14.7 Å². The van der Waals surface area contributed by atoms with Crippen molar-refractivity contribution in [2.45, 2.75) is 38.3 Å². The third-order valence-corrected chi connectivity index (χ3v) is 6.65. The molecule has 0 aliphatic heterocycles. The summed E-state index contributed by atoms with van der Waals surface area (Å²) in [7, 11) is 1.70. The summed E-state index contributed by atoms with van der Waals surface area (Å²) in [6.07, 6.45) is 2.95. The fourth-order valence-electron chi connectivity index (χ4n) is 4.24. The fraction of sp³-hybridized carbons (Fsp3) is 0.308. The molecule has 0 spiro atoms. The molecule has 1 heterocycles. The summed E-state index contributed by atoms with van der Waals surface area (Å²) in [5.41, 5.74) is 1.97.